The van der Waals surface area contributed by atoms with Gasteiger partial charge in [-0.3, -0.25) is 0 Å². The molecule has 0 aliphatic rings. The van der Waals surface area contributed by atoms with Gasteiger partial charge in [0.15, 0.2) is 0 Å². The van der Waals surface area contributed by atoms with E-state index >= 15 is 0 Å². The number of aromatic nitrogens is 1. The Bertz CT molecular complexity index is 501. The van der Waals surface area contributed by atoms with Gasteiger partial charge in [0, 0.05) is 22.5 Å². The Morgan fingerprint density at radius 1 is 1.17 bits per heavy atom. The van der Waals surface area contributed by atoms with Gasteiger partial charge >= 0.3 is 0 Å². The summed E-state index contributed by atoms with van der Waals surface area (Å²) in [4.78, 5) is 0. The van der Waals surface area contributed by atoms with E-state index in [-0.39, 0.29) is 12.0 Å². The minimum Gasteiger partial charge on any atom is -0.388 e. The predicted octanol–water partition coefficient (Wildman–Crippen LogP) is 3.83. The molecule has 2 nitrogen and oxygen atoms in total. The SMILES string of the molecule is CC(C)C(O)c1ccn(Cc2ccc(I)cc2)c1. The van der Waals surface area contributed by atoms with Crippen LogP contribution >= 0.6 is 22.6 Å². The Labute approximate surface area is 122 Å². The topological polar surface area (TPSA) is 25.2 Å². The van der Waals surface area contributed by atoms with Gasteiger partial charge in [-0.1, -0.05) is 26.0 Å². The van der Waals surface area contributed by atoms with Crippen LogP contribution in [-0.2, 0) is 6.54 Å². The third-order valence-corrected chi connectivity index (χ3v) is 3.74. The molecule has 0 spiro atoms. The molecule has 0 fully saturated rings. The molecular weight excluding hydrogens is 337 g/mol. The number of aliphatic hydroxyl groups is 1. The summed E-state index contributed by atoms with van der Waals surface area (Å²) in [7, 11) is 0. The highest BCUT2D eigenvalue weighted by atomic mass is 127. The standard InChI is InChI=1S/C15H18INO/c1-11(2)15(18)13-7-8-17(10-13)9-12-3-5-14(16)6-4-12/h3-8,10-11,15,18H,9H2,1-2H3. The fourth-order valence-corrected chi connectivity index (χ4v) is 2.28. The number of hydrogen-bond acceptors (Lipinski definition) is 1. The van der Waals surface area contributed by atoms with Crippen molar-refractivity contribution < 1.29 is 5.11 Å². The highest BCUT2D eigenvalue weighted by Gasteiger charge is 2.12. The number of nitrogens with zero attached hydrogens (tertiary/aromatic N) is 1. The molecule has 0 aliphatic carbocycles. The normalized spacial score (nSPS) is 12.9. The second kappa shape index (κ2) is 5.89. The maximum Gasteiger partial charge on any atom is 0.0827 e. The van der Waals surface area contributed by atoms with Crippen LogP contribution in [0.4, 0.5) is 0 Å². The first-order valence-corrected chi connectivity index (χ1v) is 7.22. The summed E-state index contributed by atoms with van der Waals surface area (Å²) < 4.78 is 3.36. The summed E-state index contributed by atoms with van der Waals surface area (Å²) in [5.41, 5.74) is 2.27. The van der Waals surface area contributed by atoms with Crippen molar-refractivity contribution >= 4 is 22.6 Å². The summed E-state index contributed by atoms with van der Waals surface area (Å²) in [6.07, 6.45) is 3.68. The lowest BCUT2D eigenvalue weighted by Crippen LogP contribution is -2.04. The molecular formula is C15H18INO. The maximum absolute atomic E-state index is 10.00. The molecule has 0 saturated heterocycles. The van der Waals surface area contributed by atoms with Crippen LogP contribution in [0.3, 0.4) is 0 Å². The van der Waals surface area contributed by atoms with E-state index in [1.165, 1.54) is 9.13 Å². The van der Waals surface area contributed by atoms with Crippen LogP contribution in [0, 0.1) is 9.49 Å². The highest BCUT2D eigenvalue weighted by molar-refractivity contribution is 14.1. The average molecular weight is 355 g/mol. The number of hydrogen-bond donors (Lipinski definition) is 1. The monoisotopic (exact) mass is 355 g/mol. The van der Waals surface area contributed by atoms with Crippen molar-refractivity contribution in [1.29, 1.82) is 0 Å². The second-order valence-corrected chi connectivity index (χ2v) is 6.18. The molecule has 0 radical (unpaired) electrons. The Balaban J connectivity index is 2.09. The third-order valence-electron chi connectivity index (χ3n) is 3.02. The van der Waals surface area contributed by atoms with E-state index < -0.39 is 0 Å². The Kier molecular flexibility index (Phi) is 4.45. The zero-order valence-corrected chi connectivity index (χ0v) is 12.8. The molecule has 1 atom stereocenters. The van der Waals surface area contributed by atoms with Crippen LogP contribution in [0.5, 0.6) is 0 Å². The highest BCUT2D eigenvalue weighted by Crippen LogP contribution is 2.21. The van der Waals surface area contributed by atoms with Crippen molar-refractivity contribution in [2.75, 3.05) is 0 Å². The van der Waals surface area contributed by atoms with E-state index in [2.05, 4.69) is 51.4 Å². The average Bonchev–Trinajstić information content (AvgIpc) is 2.79. The quantitative estimate of drug-likeness (QED) is 0.829. The molecule has 1 aromatic carbocycles. The Hall–Kier alpha value is -0.810. The predicted molar refractivity (Wildman–Crippen MR) is 82.5 cm³/mol. The first-order chi connectivity index (χ1) is 8.56. The van der Waals surface area contributed by atoms with Crippen molar-refractivity contribution in [1.82, 2.24) is 4.57 Å². The molecule has 1 unspecified atom stereocenters. The van der Waals surface area contributed by atoms with Gasteiger partial charge in [-0.05, 0) is 57.8 Å². The summed E-state index contributed by atoms with van der Waals surface area (Å²) in [6.45, 7) is 4.91. The van der Waals surface area contributed by atoms with Crippen LogP contribution in [0.25, 0.3) is 0 Å². The minimum atomic E-state index is -0.372. The molecule has 2 aromatic rings. The number of rotatable bonds is 4. The smallest absolute Gasteiger partial charge is 0.0827 e. The van der Waals surface area contributed by atoms with Gasteiger partial charge in [0.05, 0.1) is 6.10 Å². The fourth-order valence-electron chi connectivity index (χ4n) is 1.92. The van der Waals surface area contributed by atoms with E-state index in [9.17, 15) is 5.11 Å². The first-order valence-electron chi connectivity index (χ1n) is 6.14. The zero-order valence-electron chi connectivity index (χ0n) is 10.7. The van der Waals surface area contributed by atoms with E-state index in [1.807, 2.05) is 32.3 Å². The number of halogens is 1. The molecule has 0 amide bonds. The third kappa shape index (κ3) is 3.36. The van der Waals surface area contributed by atoms with Crippen molar-refractivity contribution in [3.63, 3.8) is 0 Å². The van der Waals surface area contributed by atoms with Gasteiger partial charge in [0.2, 0.25) is 0 Å². The van der Waals surface area contributed by atoms with Gasteiger partial charge in [0.25, 0.3) is 0 Å². The van der Waals surface area contributed by atoms with Gasteiger partial charge in [-0.25, -0.2) is 0 Å². The van der Waals surface area contributed by atoms with Crippen LogP contribution in [0.15, 0.2) is 42.7 Å². The van der Waals surface area contributed by atoms with Crippen LogP contribution < -0.4 is 0 Å². The van der Waals surface area contributed by atoms with Gasteiger partial charge in [-0.2, -0.15) is 0 Å². The van der Waals surface area contributed by atoms with Crippen molar-refractivity contribution in [2.45, 2.75) is 26.5 Å². The molecule has 18 heavy (non-hydrogen) atoms. The lowest BCUT2D eigenvalue weighted by Gasteiger charge is -2.12. The molecule has 0 aliphatic heterocycles. The lowest BCUT2D eigenvalue weighted by molar-refractivity contribution is 0.127. The summed E-state index contributed by atoms with van der Waals surface area (Å²) in [6, 6.07) is 10.5. The molecule has 1 N–H and O–H groups in total. The van der Waals surface area contributed by atoms with E-state index in [4.69, 9.17) is 0 Å². The lowest BCUT2D eigenvalue weighted by atomic mass is 10.0. The molecule has 0 bridgehead atoms. The van der Waals surface area contributed by atoms with E-state index in [0.29, 0.717) is 0 Å². The zero-order chi connectivity index (χ0) is 13.1. The fraction of sp³-hybridized carbons (Fsp3) is 0.333. The van der Waals surface area contributed by atoms with Crippen LogP contribution in [0.2, 0.25) is 0 Å². The van der Waals surface area contributed by atoms with Gasteiger partial charge in [0.1, 0.15) is 0 Å². The Morgan fingerprint density at radius 2 is 1.83 bits per heavy atom. The second-order valence-electron chi connectivity index (χ2n) is 4.93. The summed E-state index contributed by atoms with van der Waals surface area (Å²) >= 11 is 2.31. The van der Waals surface area contributed by atoms with Crippen molar-refractivity contribution in [3.8, 4) is 0 Å². The minimum absolute atomic E-state index is 0.249. The van der Waals surface area contributed by atoms with Gasteiger partial charge in [-0.15, -0.1) is 0 Å². The van der Waals surface area contributed by atoms with Crippen molar-refractivity contribution in [3.05, 3.63) is 57.4 Å². The van der Waals surface area contributed by atoms with Crippen molar-refractivity contribution in [2.24, 2.45) is 5.92 Å². The van der Waals surface area contributed by atoms with E-state index in [1.54, 1.807) is 0 Å². The maximum atomic E-state index is 10.00. The van der Waals surface area contributed by atoms with E-state index in [0.717, 1.165) is 12.1 Å². The van der Waals surface area contributed by atoms with Crippen LogP contribution in [-0.4, -0.2) is 9.67 Å². The number of benzene rings is 1. The summed E-state index contributed by atoms with van der Waals surface area (Å²) in [5.74, 6) is 0.249. The molecule has 3 heteroatoms. The first kappa shape index (κ1) is 13.6. The largest absolute Gasteiger partial charge is 0.388 e. The molecule has 1 aromatic heterocycles. The molecule has 96 valence electrons. The number of aliphatic hydroxyl groups excluding tert-OH is 1. The van der Waals surface area contributed by atoms with Gasteiger partial charge < -0.3 is 9.67 Å². The molecule has 1 heterocycles. The Morgan fingerprint density at radius 3 is 2.44 bits per heavy atom. The van der Waals surface area contributed by atoms with Crippen LogP contribution in [0.1, 0.15) is 31.1 Å². The summed E-state index contributed by atoms with van der Waals surface area (Å²) in [5, 5.41) is 10.00. The molecule has 0 saturated carbocycles. The molecule has 2 rings (SSSR count).